The van der Waals surface area contributed by atoms with Gasteiger partial charge in [0.05, 0.1) is 0 Å². The summed E-state index contributed by atoms with van der Waals surface area (Å²) >= 11 is 7.58. The standard InChI is InChI=1S/C12H11ClN2S/c1-16-12-14-8-10(11(13)15-12)7-9-5-3-2-4-6-9/h2-6,8H,7H2,1H3. The van der Waals surface area contributed by atoms with Crippen LogP contribution in [0.1, 0.15) is 11.1 Å². The summed E-state index contributed by atoms with van der Waals surface area (Å²) < 4.78 is 0. The van der Waals surface area contributed by atoms with Crippen molar-refractivity contribution in [2.45, 2.75) is 11.6 Å². The summed E-state index contributed by atoms with van der Waals surface area (Å²) in [4.78, 5) is 8.43. The number of aromatic nitrogens is 2. The number of hydrogen-bond donors (Lipinski definition) is 0. The van der Waals surface area contributed by atoms with E-state index >= 15 is 0 Å². The third-order valence-electron chi connectivity index (χ3n) is 2.21. The minimum atomic E-state index is 0.545. The Labute approximate surface area is 104 Å². The summed E-state index contributed by atoms with van der Waals surface area (Å²) in [5.74, 6) is 0. The molecule has 0 saturated heterocycles. The van der Waals surface area contributed by atoms with E-state index in [1.54, 1.807) is 6.20 Å². The van der Waals surface area contributed by atoms with Gasteiger partial charge in [0.15, 0.2) is 5.16 Å². The van der Waals surface area contributed by atoms with Gasteiger partial charge in [-0.2, -0.15) is 0 Å². The summed E-state index contributed by atoms with van der Waals surface area (Å²) in [6.07, 6.45) is 4.50. The van der Waals surface area contributed by atoms with Crippen LogP contribution >= 0.6 is 23.4 Å². The molecular formula is C12H11ClN2S. The van der Waals surface area contributed by atoms with Gasteiger partial charge in [-0.3, -0.25) is 0 Å². The molecule has 4 heteroatoms. The fourth-order valence-corrected chi connectivity index (χ4v) is 1.99. The minimum absolute atomic E-state index is 0.545. The molecule has 0 atom stereocenters. The van der Waals surface area contributed by atoms with Crippen LogP contribution in [-0.2, 0) is 6.42 Å². The van der Waals surface area contributed by atoms with Gasteiger partial charge in [-0.15, -0.1) is 0 Å². The van der Waals surface area contributed by atoms with Crippen molar-refractivity contribution in [1.82, 2.24) is 9.97 Å². The van der Waals surface area contributed by atoms with Gasteiger partial charge in [-0.25, -0.2) is 9.97 Å². The molecule has 82 valence electrons. The number of nitrogens with zero attached hydrogens (tertiary/aromatic N) is 2. The molecule has 0 saturated carbocycles. The first kappa shape index (κ1) is 11.4. The Morgan fingerprint density at radius 2 is 2.00 bits per heavy atom. The fraction of sp³-hybridized carbons (Fsp3) is 0.167. The molecule has 0 amide bonds. The van der Waals surface area contributed by atoms with Crippen LogP contribution in [-0.4, -0.2) is 16.2 Å². The number of hydrogen-bond acceptors (Lipinski definition) is 3. The SMILES string of the molecule is CSc1ncc(Cc2ccccc2)c(Cl)n1. The number of rotatable bonds is 3. The van der Waals surface area contributed by atoms with Crippen LogP contribution in [0.4, 0.5) is 0 Å². The smallest absolute Gasteiger partial charge is 0.188 e. The highest BCUT2D eigenvalue weighted by Gasteiger charge is 2.05. The molecule has 0 unspecified atom stereocenters. The zero-order valence-electron chi connectivity index (χ0n) is 8.85. The van der Waals surface area contributed by atoms with E-state index in [-0.39, 0.29) is 0 Å². The van der Waals surface area contributed by atoms with E-state index in [2.05, 4.69) is 22.1 Å². The van der Waals surface area contributed by atoms with Crippen molar-refractivity contribution in [3.63, 3.8) is 0 Å². The molecular weight excluding hydrogens is 240 g/mol. The average Bonchev–Trinajstić information content (AvgIpc) is 2.33. The summed E-state index contributed by atoms with van der Waals surface area (Å²) in [5.41, 5.74) is 2.18. The molecule has 0 spiro atoms. The van der Waals surface area contributed by atoms with Crippen molar-refractivity contribution in [3.8, 4) is 0 Å². The normalized spacial score (nSPS) is 10.4. The summed E-state index contributed by atoms with van der Waals surface area (Å²) in [5, 5.41) is 1.25. The van der Waals surface area contributed by atoms with Gasteiger partial charge >= 0.3 is 0 Å². The van der Waals surface area contributed by atoms with E-state index in [1.165, 1.54) is 17.3 Å². The zero-order chi connectivity index (χ0) is 11.4. The van der Waals surface area contributed by atoms with Crippen molar-refractivity contribution < 1.29 is 0 Å². The van der Waals surface area contributed by atoms with Crippen LogP contribution in [0.3, 0.4) is 0 Å². The molecule has 1 heterocycles. The Kier molecular flexibility index (Phi) is 3.80. The van der Waals surface area contributed by atoms with Crippen molar-refractivity contribution >= 4 is 23.4 Å². The van der Waals surface area contributed by atoms with Crippen LogP contribution in [0, 0.1) is 0 Å². The second kappa shape index (κ2) is 5.32. The Morgan fingerprint density at radius 3 is 2.62 bits per heavy atom. The number of halogens is 1. The first-order valence-electron chi connectivity index (χ1n) is 4.89. The predicted octanol–water partition coefficient (Wildman–Crippen LogP) is 3.44. The highest BCUT2D eigenvalue weighted by Crippen LogP contribution is 2.19. The quantitative estimate of drug-likeness (QED) is 0.474. The molecule has 0 bridgehead atoms. The van der Waals surface area contributed by atoms with Gasteiger partial charge < -0.3 is 0 Å². The van der Waals surface area contributed by atoms with E-state index in [0.717, 1.165) is 12.0 Å². The third kappa shape index (κ3) is 2.74. The molecule has 2 rings (SSSR count). The lowest BCUT2D eigenvalue weighted by atomic mass is 10.1. The monoisotopic (exact) mass is 250 g/mol. The average molecular weight is 251 g/mol. The maximum Gasteiger partial charge on any atom is 0.188 e. The van der Waals surface area contributed by atoms with E-state index in [9.17, 15) is 0 Å². The molecule has 16 heavy (non-hydrogen) atoms. The summed E-state index contributed by atoms with van der Waals surface area (Å²) in [6, 6.07) is 10.2. The van der Waals surface area contributed by atoms with Crippen molar-refractivity contribution in [2.75, 3.05) is 6.26 Å². The third-order valence-corrected chi connectivity index (χ3v) is 3.10. The van der Waals surface area contributed by atoms with Gasteiger partial charge in [-0.1, -0.05) is 53.7 Å². The van der Waals surface area contributed by atoms with Gasteiger partial charge in [0, 0.05) is 18.2 Å². The maximum absolute atomic E-state index is 6.09. The van der Waals surface area contributed by atoms with E-state index in [0.29, 0.717) is 10.3 Å². The summed E-state index contributed by atoms with van der Waals surface area (Å²) in [6.45, 7) is 0. The van der Waals surface area contributed by atoms with Gasteiger partial charge in [0.1, 0.15) is 5.15 Å². The van der Waals surface area contributed by atoms with E-state index < -0.39 is 0 Å². The van der Waals surface area contributed by atoms with Gasteiger partial charge in [0.2, 0.25) is 0 Å². The largest absolute Gasteiger partial charge is 0.231 e. The second-order valence-electron chi connectivity index (χ2n) is 3.34. The molecule has 0 fully saturated rings. The fourth-order valence-electron chi connectivity index (χ4n) is 1.40. The molecule has 0 radical (unpaired) electrons. The van der Waals surface area contributed by atoms with E-state index in [4.69, 9.17) is 11.6 Å². The van der Waals surface area contributed by atoms with Gasteiger partial charge in [0.25, 0.3) is 0 Å². The van der Waals surface area contributed by atoms with Crippen LogP contribution in [0.2, 0.25) is 5.15 Å². The predicted molar refractivity (Wildman–Crippen MR) is 68.1 cm³/mol. The van der Waals surface area contributed by atoms with Crippen molar-refractivity contribution in [2.24, 2.45) is 0 Å². The lowest BCUT2D eigenvalue weighted by Gasteiger charge is -2.04. The Bertz CT molecular complexity index is 474. The molecule has 2 nitrogen and oxygen atoms in total. The molecule has 1 aromatic carbocycles. The van der Waals surface area contributed by atoms with Crippen molar-refractivity contribution in [1.29, 1.82) is 0 Å². The molecule has 0 aliphatic rings. The first-order valence-corrected chi connectivity index (χ1v) is 6.49. The number of thioether (sulfide) groups is 1. The lowest BCUT2D eigenvalue weighted by molar-refractivity contribution is 0.936. The first-order chi connectivity index (χ1) is 7.79. The lowest BCUT2D eigenvalue weighted by Crippen LogP contribution is -1.95. The molecule has 0 aliphatic carbocycles. The molecule has 2 aromatic rings. The molecule has 0 aliphatic heterocycles. The zero-order valence-corrected chi connectivity index (χ0v) is 10.4. The second-order valence-corrected chi connectivity index (χ2v) is 4.47. The van der Waals surface area contributed by atoms with Crippen LogP contribution < -0.4 is 0 Å². The molecule has 0 N–H and O–H groups in total. The van der Waals surface area contributed by atoms with Crippen LogP contribution in [0.25, 0.3) is 0 Å². The summed E-state index contributed by atoms with van der Waals surface area (Å²) in [7, 11) is 0. The van der Waals surface area contributed by atoms with Crippen LogP contribution in [0.5, 0.6) is 0 Å². The molecule has 1 aromatic heterocycles. The highest BCUT2D eigenvalue weighted by atomic mass is 35.5. The Morgan fingerprint density at radius 1 is 1.25 bits per heavy atom. The minimum Gasteiger partial charge on any atom is -0.231 e. The van der Waals surface area contributed by atoms with E-state index in [1.807, 2.05) is 24.5 Å². The topological polar surface area (TPSA) is 25.8 Å². The van der Waals surface area contributed by atoms with Crippen LogP contribution in [0.15, 0.2) is 41.7 Å². The Balaban J connectivity index is 2.22. The Hall–Kier alpha value is -1.06. The highest BCUT2D eigenvalue weighted by molar-refractivity contribution is 7.98. The number of benzene rings is 1. The van der Waals surface area contributed by atoms with Crippen molar-refractivity contribution in [3.05, 3.63) is 52.8 Å². The van der Waals surface area contributed by atoms with Gasteiger partial charge in [-0.05, 0) is 11.8 Å². The maximum atomic E-state index is 6.09.